The molecule has 0 aliphatic rings. The summed E-state index contributed by atoms with van der Waals surface area (Å²) in [7, 11) is 0. The van der Waals surface area contributed by atoms with Crippen molar-refractivity contribution in [1.82, 2.24) is 15.3 Å². The molecule has 4 N–H and O–H groups in total. The van der Waals surface area contributed by atoms with Crippen molar-refractivity contribution in [2.24, 2.45) is 5.73 Å². The van der Waals surface area contributed by atoms with Crippen LogP contribution in [0.25, 0.3) is 10.2 Å². The first-order chi connectivity index (χ1) is 8.59. The highest BCUT2D eigenvalue weighted by atomic mass is 32.1. The highest BCUT2D eigenvalue weighted by Gasteiger charge is 2.11. The van der Waals surface area contributed by atoms with Gasteiger partial charge in [0.2, 0.25) is 0 Å². The highest BCUT2D eigenvalue weighted by molar-refractivity contribution is 7.18. The van der Waals surface area contributed by atoms with Crippen molar-refractivity contribution in [3.63, 3.8) is 0 Å². The molecule has 0 radical (unpaired) electrons. The zero-order chi connectivity index (χ0) is 13.1. The summed E-state index contributed by atoms with van der Waals surface area (Å²) in [6.45, 7) is 5.16. The van der Waals surface area contributed by atoms with E-state index in [0.717, 1.165) is 16.0 Å². The molecule has 6 nitrogen and oxygen atoms in total. The Morgan fingerprint density at radius 3 is 2.89 bits per heavy atom. The molecule has 0 aliphatic carbocycles. The van der Waals surface area contributed by atoms with Gasteiger partial charge in [0, 0.05) is 18.0 Å². The number of anilines is 1. The number of urea groups is 1. The second-order valence-electron chi connectivity index (χ2n) is 3.90. The molecule has 2 rings (SSSR count). The summed E-state index contributed by atoms with van der Waals surface area (Å²) in [5.41, 5.74) is 6.18. The second kappa shape index (κ2) is 5.18. The third kappa shape index (κ3) is 2.51. The first-order valence-corrected chi connectivity index (χ1v) is 6.39. The summed E-state index contributed by atoms with van der Waals surface area (Å²) in [4.78, 5) is 21.3. The van der Waals surface area contributed by atoms with Gasteiger partial charge in [0.15, 0.2) is 0 Å². The Morgan fingerprint density at radius 1 is 1.39 bits per heavy atom. The molecule has 18 heavy (non-hydrogen) atoms. The summed E-state index contributed by atoms with van der Waals surface area (Å²) < 4.78 is 0. The van der Waals surface area contributed by atoms with Gasteiger partial charge in [0.25, 0.3) is 0 Å². The van der Waals surface area contributed by atoms with Crippen LogP contribution in [0.5, 0.6) is 0 Å². The van der Waals surface area contributed by atoms with Gasteiger partial charge in [0.1, 0.15) is 17.0 Å². The van der Waals surface area contributed by atoms with Crippen LogP contribution < -0.4 is 16.4 Å². The van der Waals surface area contributed by atoms with Crippen LogP contribution in [0.15, 0.2) is 6.33 Å². The smallest absolute Gasteiger partial charge is 0.312 e. The molecule has 0 fully saturated rings. The number of nitrogens with one attached hydrogen (secondary N) is 2. The quantitative estimate of drug-likeness (QED) is 0.728. The van der Waals surface area contributed by atoms with E-state index in [4.69, 9.17) is 5.73 Å². The number of fused-ring (bicyclic) bond motifs is 1. The average molecular weight is 265 g/mol. The zero-order valence-electron chi connectivity index (χ0n) is 10.3. The van der Waals surface area contributed by atoms with Crippen LogP contribution in [0, 0.1) is 13.8 Å². The molecule has 0 saturated heterocycles. The molecule has 2 aromatic rings. The lowest BCUT2D eigenvalue weighted by molar-refractivity contribution is 0.249. The number of aromatic nitrogens is 2. The summed E-state index contributed by atoms with van der Waals surface area (Å²) in [6, 6.07) is -0.521. The number of hydrogen-bond acceptors (Lipinski definition) is 5. The topological polar surface area (TPSA) is 92.9 Å². The minimum atomic E-state index is -0.521. The van der Waals surface area contributed by atoms with E-state index < -0.39 is 6.03 Å². The van der Waals surface area contributed by atoms with Crippen molar-refractivity contribution in [2.45, 2.75) is 13.8 Å². The Bertz CT molecular complexity index is 580. The first kappa shape index (κ1) is 12.6. The van der Waals surface area contributed by atoms with Crippen LogP contribution in [0.2, 0.25) is 0 Å². The van der Waals surface area contributed by atoms with E-state index in [-0.39, 0.29) is 0 Å². The molecule has 0 bridgehead atoms. The van der Waals surface area contributed by atoms with Crippen LogP contribution >= 0.6 is 11.3 Å². The normalized spacial score (nSPS) is 10.6. The Kier molecular flexibility index (Phi) is 3.61. The van der Waals surface area contributed by atoms with E-state index in [9.17, 15) is 4.79 Å². The lowest BCUT2D eigenvalue weighted by atomic mass is 10.2. The van der Waals surface area contributed by atoms with E-state index in [1.807, 2.05) is 0 Å². The van der Waals surface area contributed by atoms with Crippen LogP contribution in [0.3, 0.4) is 0 Å². The molecule has 0 spiro atoms. The minimum Gasteiger partial charge on any atom is -0.368 e. The van der Waals surface area contributed by atoms with Gasteiger partial charge in [0.05, 0.1) is 5.39 Å². The van der Waals surface area contributed by atoms with Crippen LogP contribution in [-0.2, 0) is 0 Å². The lowest BCUT2D eigenvalue weighted by Crippen LogP contribution is -2.33. The fraction of sp³-hybridized carbons (Fsp3) is 0.364. The highest BCUT2D eigenvalue weighted by Crippen LogP contribution is 2.32. The minimum absolute atomic E-state index is 0.461. The predicted molar refractivity (Wildman–Crippen MR) is 73.0 cm³/mol. The summed E-state index contributed by atoms with van der Waals surface area (Å²) in [5, 5.41) is 6.76. The number of nitrogens with two attached hydrogens (primary N) is 1. The molecule has 0 aliphatic heterocycles. The van der Waals surface area contributed by atoms with Crippen molar-refractivity contribution in [3.05, 3.63) is 16.8 Å². The molecule has 0 atom stereocenters. The maximum Gasteiger partial charge on any atom is 0.312 e. The molecule has 2 amide bonds. The Labute approximate surface area is 109 Å². The lowest BCUT2D eigenvalue weighted by Gasteiger charge is -2.07. The van der Waals surface area contributed by atoms with E-state index in [1.54, 1.807) is 17.7 Å². The second-order valence-corrected chi connectivity index (χ2v) is 5.11. The molecule has 96 valence electrons. The number of aryl methyl sites for hydroxylation is 2. The molecular formula is C11H15N5OS. The van der Waals surface area contributed by atoms with E-state index in [0.29, 0.717) is 13.1 Å². The number of primary amides is 1. The van der Waals surface area contributed by atoms with Gasteiger partial charge >= 0.3 is 6.03 Å². The maximum absolute atomic E-state index is 10.5. The standard InChI is InChI=1S/C11H15N5OS/c1-6-7(2)18-10-8(6)9(15-5-16-10)13-3-4-14-11(12)17/h5H,3-4H2,1-2H3,(H3,12,14,17)(H,13,15,16). The van der Waals surface area contributed by atoms with Crippen molar-refractivity contribution < 1.29 is 4.79 Å². The number of rotatable bonds is 4. The number of amides is 2. The average Bonchev–Trinajstić information content (AvgIpc) is 2.61. The SMILES string of the molecule is Cc1sc2ncnc(NCCNC(N)=O)c2c1C. The first-order valence-electron chi connectivity index (χ1n) is 5.57. The summed E-state index contributed by atoms with van der Waals surface area (Å²) in [6.07, 6.45) is 1.54. The third-order valence-corrected chi connectivity index (χ3v) is 3.80. The van der Waals surface area contributed by atoms with Crippen molar-refractivity contribution in [2.75, 3.05) is 18.4 Å². The summed E-state index contributed by atoms with van der Waals surface area (Å²) in [5.74, 6) is 0.799. The number of thiophene rings is 1. The number of carbonyl (C=O) groups is 1. The molecular weight excluding hydrogens is 250 g/mol. The van der Waals surface area contributed by atoms with E-state index >= 15 is 0 Å². The number of hydrogen-bond donors (Lipinski definition) is 3. The molecule has 0 saturated carbocycles. The van der Waals surface area contributed by atoms with Gasteiger partial charge in [-0.2, -0.15) is 0 Å². The van der Waals surface area contributed by atoms with Gasteiger partial charge < -0.3 is 16.4 Å². The zero-order valence-corrected chi connectivity index (χ0v) is 11.1. The summed E-state index contributed by atoms with van der Waals surface area (Å²) >= 11 is 1.66. The van der Waals surface area contributed by atoms with Gasteiger partial charge in [-0.05, 0) is 19.4 Å². The van der Waals surface area contributed by atoms with Gasteiger partial charge in [-0.15, -0.1) is 11.3 Å². The molecule has 0 aromatic carbocycles. The monoisotopic (exact) mass is 265 g/mol. The van der Waals surface area contributed by atoms with Gasteiger partial charge in [-0.1, -0.05) is 0 Å². The fourth-order valence-electron chi connectivity index (χ4n) is 1.68. The van der Waals surface area contributed by atoms with Gasteiger partial charge in [-0.3, -0.25) is 0 Å². The van der Waals surface area contributed by atoms with E-state index in [1.165, 1.54) is 10.4 Å². The maximum atomic E-state index is 10.5. The molecule has 0 unspecified atom stereocenters. The fourth-order valence-corrected chi connectivity index (χ4v) is 2.68. The third-order valence-electron chi connectivity index (χ3n) is 2.68. The van der Waals surface area contributed by atoms with Crippen molar-refractivity contribution in [1.29, 1.82) is 0 Å². The largest absolute Gasteiger partial charge is 0.368 e. The number of carbonyl (C=O) groups excluding carboxylic acids is 1. The van der Waals surface area contributed by atoms with Gasteiger partial charge in [-0.25, -0.2) is 14.8 Å². The molecule has 7 heteroatoms. The Morgan fingerprint density at radius 2 is 2.17 bits per heavy atom. The molecule has 2 aromatic heterocycles. The molecule has 2 heterocycles. The van der Waals surface area contributed by atoms with Crippen molar-refractivity contribution in [3.8, 4) is 0 Å². The van der Waals surface area contributed by atoms with Crippen LogP contribution in [0.1, 0.15) is 10.4 Å². The van der Waals surface area contributed by atoms with Crippen LogP contribution in [0.4, 0.5) is 10.6 Å². The van der Waals surface area contributed by atoms with Crippen molar-refractivity contribution >= 4 is 33.4 Å². The Balaban J connectivity index is 2.15. The Hall–Kier alpha value is -1.89. The predicted octanol–water partition coefficient (Wildman–Crippen LogP) is 1.39. The van der Waals surface area contributed by atoms with Crippen LogP contribution in [-0.4, -0.2) is 29.1 Å². The van der Waals surface area contributed by atoms with E-state index in [2.05, 4.69) is 34.4 Å². The number of nitrogens with zero attached hydrogens (tertiary/aromatic N) is 2.